The number of aliphatic hydroxyl groups excluding tert-OH is 1. The van der Waals surface area contributed by atoms with Crippen LogP contribution in [-0.4, -0.2) is 81.8 Å². The molecule has 3 heterocycles. The van der Waals surface area contributed by atoms with Crippen molar-refractivity contribution in [3.63, 3.8) is 0 Å². The number of nitrogens with zero attached hydrogens (tertiary/aromatic N) is 4. The molecule has 1 aliphatic heterocycles. The van der Waals surface area contributed by atoms with Crippen molar-refractivity contribution in [1.29, 1.82) is 0 Å². The molecule has 0 spiro atoms. The van der Waals surface area contributed by atoms with Gasteiger partial charge in [-0.2, -0.15) is 0 Å². The van der Waals surface area contributed by atoms with Crippen LogP contribution < -0.4 is 15.4 Å². The summed E-state index contributed by atoms with van der Waals surface area (Å²) in [5.74, 6) is -0.280. The number of carbonyl (C=O) groups excluding carboxylic acids is 3. The SMILES string of the molecule is Cc1noc(C)c1NC(=O)N(C)C[C@@H]1Oc2c(NC(=O)c3ccncc3)cccc2C(=O)N([C@H](C)CO)C[C@@H]1C. The number of carbonyl (C=O) groups is 3. The van der Waals surface area contributed by atoms with Gasteiger partial charge in [-0.3, -0.25) is 14.6 Å². The van der Waals surface area contributed by atoms with E-state index in [-0.39, 0.29) is 48.9 Å². The molecule has 3 N–H and O–H groups in total. The molecule has 4 rings (SSSR count). The molecule has 0 fully saturated rings. The summed E-state index contributed by atoms with van der Waals surface area (Å²) in [6, 6.07) is 7.25. The van der Waals surface area contributed by atoms with Crippen LogP contribution in [0.5, 0.6) is 5.75 Å². The summed E-state index contributed by atoms with van der Waals surface area (Å²) < 4.78 is 11.6. The maximum absolute atomic E-state index is 13.6. The van der Waals surface area contributed by atoms with Crippen LogP contribution in [0.2, 0.25) is 0 Å². The van der Waals surface area contributed by atoms with Crippen LogP contribution in [0.25, 0.3) is 0 Å². The summed E-state index contributed by atoms with van der Waals surface area (Å²) in [6.45, 7) is 7.35. The Morgan fingerprint density at radius 2 is 1.93 bits per heavy atom. The number of urea groups is 1. The topological polar surface area (TPSA) is 150 Å². The Morgan fingerprint density at radius 1 is 1.20 bits per heavy atom. The summed E-state index contributed by atoms with van der Waals surface area (Å²) >= 11 is 0. The molecule has 2 aromatic heterocycles. The van der Waals surface area contributed by atoms with Crippen LogP contribution in [0.4, 0.5) is 16.2 Å². The monoisotopic (exact) mass is 550 g/mol. The first kappa shape index (κ1) is 28.6. The van der Waals surface area contributed by atoms with Gasteiger partial charge < -0.3 is 34.8 Å². The van der Waals surface area contributed by atoms with Crippen molar-refractivity contribution in [3.05, 3.63) is 65.3 Å². The summed E-state index contributed by atoms with van der Waals surface area (Å²) in [4.78, 5) is 46.7. The average Bonchev–Trinajstić information content (AvgIpc) is 3.27. The Morgan fingerprint density at radius 3 is 2.58 bits per heavy atom. The molecular formula is C28H34N6O6. The predicted molar refractivity (Wildman–Crippen MR) is 147 cm³/mol. The molecule has 40 heavy (non-hydrogen) atoms. The molecule has 3 aromatic rings. The zero-order chi connectivity index (χ0) is 29.0. The quantitative estimate of drug-likeness (QED) is 0.405. The first-order valence-corrected chi connectivity index (χ1v) is 13.0. The Balaban J connectivity index is 1.66. The second-order valence-corrected chi connectivity index (χ2v) is 10.0. The fourth-order valence-corrected chi connectivity index (χ4v) is 4.47. The highest BCUT2D eigenvalue weighted by Gasteiger charge is 2.35. The first-order valence-electron chi connectivity index (χ1n) is 13.0. The summed E-state index contributed by atoms with van der Waals surface area (Å²) in [6.07, 6.45) is 2.46. The maximum Gasteiger partial charge on any atom is 0.321 e. The lowest BCUT2D eigenvalue weighted by Crippen LogP contribution is -2.50. The van der Waals surface area contributed by atoms with Gasteiger partial charge in [0.2, 0.25) is 0 Å². The van der Waals surface area contributed by atoms with Crippen molar-refractivity contribution in [2.24, 2.45) is 5.92 Å². The first-order chi connectivity index (χ1) is 19.1. The maximum atomic E-state index is 13.6. The van der Waals surface area contributed by atoms with Gasteiger partial charge in [-0.15, -0.1) is 0 Å². The highest BCUT2D eigenvalue weighted by atomic mass is 16.5. The third-order valence-electron chi connectivity index (χ3n) is 6.95. The molecule has 0 aliphatic carbocycles. The van der Waals surface area contributed by atoms with Crippen LogP contribution in [0.1, 0.15) is 46.0 Å². The lowest BCUT2D eigenvalue weighted by Gasteiger charge is -2.38. The minimum atomic E-state index is -0.570. The van der Waals surface area contributed by atoms with Gasteiger partial charge in [-0.05, 0) is 45.0 Å². The van der Waals surface area contributed by atoms with E-state index in [1.807, 2.05) is 6.92 Å². The summed E-state index contributed by atoms with van der Waals surface area (Å²) in [7, 11) is 1.64. The van der Waals surface area contributed by atoms with E-state index in [1.54, 1.807) is 63.1 Å². The number of anilines is 2. The third-order valence-corrected chi connectivity index (χ3v) is 6.95. The van der Waals surface area contributed by atoms with E-state index in [2.05, 4.69) is 20.8 Å². The Kier molecular flexibility index (Phi) is 8.68. The number of hydrogen-bond acceptors (Lipinski definition) is 8. The lowest BCUT2D eigenvalue weighted by molar-refractivity contribution is 0.0372. The molecule has 0 saturated carbocycles. The van der Waals surface area contributed by atoms with Gasteiger partial charge in [-0.1, -0.05) is 18.1 Å². The Hall–Kier alpha value is -4.45. The van der Waals surface area contributed by atoms with E-state index in [1.165, 1.54) is 17.3 Å². The van der Waals surface area contributed by atoms with Gasteiger partial charge in [0, 0.05) is 37.5 Å². The predicted octanol–water partition coefficient (Wildman–Crippen LogP) is 3.32. The van der Waals surface area contributed by atoms with Crippen molar-refractivity contribution >= 4 is 29.2 Å². The van der Waals surface area contributed by atoms with E-state index in [0.717, 1.165) is 0 Å². The lowest BCUT2D eigenvalue weighted by atomic mass is 9.99. The van der Waals surface area contributed by atoms with Crippen LogP contribution in [-0.2, 0) is 0 Å². The number of rotatable bonds is 7. The molecule has 0 radical (unpaired) electrons. The second-order valence-electron chi connectivity index (χ2n) is 10.0. The smallest absolute Gasteiger partial charge is 0.321 e. The molecule has 0 saturated heterocycles. The number of aliphatic hydroxyl groups is 1. The average molecular weight is 551 g/mol. The van der Waals surface area contributed by atoms with Crippen molar-refractivity contribution < 1.29 is 28.8 Å². The van der Waals surface area contributed by atoms with Gasteiger partial charge >= 0.3 is 6.03 Å². The number of amides is 4. The molecular weight excluding hydrogens is 516 g/mol. The van der Waals surface area contributed by atoms with Crippen molar-refractivity contribution in [2.45, 2.75) is 39.8 Å². The molecule has 3 atom stereocenters. The van der Waals surface area contributed by atoms with Gasteiger partial charge in [0.15, 0.2) is 11.5 Å². The fourth-order valence-electron chi connectivity index (χ4n) is 4.47. The van der Waals surface area contributed by atoms with E-state index < -0.39 is 18.1 Å². The standard InChI is InChI=1S/C28H34N6O6/c1-16-13-34(17(2)15-35)27(37)21-7-6-8-22(30-26(36)20-9-11-29-12-10-20)25(21)39-23(16)14-33(5)28(38)31-24-18(3)32-40-19(24)4/h6-12,16-17,23,35H,13-15H2,1-5H3,(H,30,36)(H,31,38)/t16-,17+,23-/m0/s1. The largest absolute Gasteiger partial charge is 0.485 e. The number of para-hydroxylation sites is 1. The van der Waals surface area contributed by atoms with Crippen LogP contribution in [0, 0.1) is 19.8 Å². The minimum absolute atomic E-state index is 0.165. The minimum Gasteiger partial charge on any atom is -0.485 e. The number of aromatic nitrogens is 2. The molecule has 4 amide bonds. The summed E-state index contributed by atoms with van der Waals surface area (Å²) in [5.41, 5.74) is 2.01. The van der Waals surface area contributed by atoms with Crippen molar-refractivity contribution in [2.75, 3.05) is 37.4 Å². The highest BCUT2D eigenvalue weighted by Crippen LogP contribution is 2.35. The van der Waals surface area contributed by atoms with Gasteiger partial charge in [0.25, 0.3) is 11.8 Å². The third kappa shape index (κ3) is 6.07. The number of hydrogen-bond donors (Lipinski definition) is 3. The Bertz CT molecular complexity index is 1360. The highest BCUT2D eigenvalue weighted by molar-refractivity contribution is 6.07. The van der Waals surface area contributed by atoms with E-state index in [4.69, 9.17) is 9.26 Å². The van der Waals surface area contributed by atoms with Crippen molar-refractivity contribution in [1.82, 2.24) is 19.9 Å². The molecule has 0 bridgehead atoms. The second kappa shape index (κ2) is 12.2. The molecule has 1 aliphatic rings. The normalized spacial score (nSPS) is 17.6. The van der Waals surface area contributed by atoms with Crippen LogP contribution >= 0.6 is 0 Å². The number of pyridine rings is 1. The molecule has 12 heteroatoms. The number of likely N-dealkylation sites (N-methyl/N-ethyl adjacent to an activating group) is 1. The number of nitrogens with one attached hydrogen (secondary N) is 2. The van der Waals surface area contributed by atoms with Gasteiger partial charge in [0.1, 0.15) is 17.5 Å². The van der Waals surface area contributed by atoms with E-state index >= 15 is 0 Å². The molecule has 12 nitrogen and oxygen atoms in total. The molecule has 0 unspecified atom stereocenters. The van der Waals surface area contributed by atoms with Gasteiger partial charge in [0.05, 0.1) is 30.4 Å². The zero-order valence-electron chi connectivity index (χ0n) is 23.2. The zero-order valence-corrected chi connectivity index (χ0v) is 23.2. The summed E-state index contributed by atoms with van der Waals surface area (Å²) in [5, 5.41) is 19.4. The molecule has 1 aromatic carbocycles. The number of ether oxygens (including phenoxy) is 1. The van der Waals surface area contributed by atoms with Crippen LogP contribution in [0.15, 0.2) is 47.2 Å². The van der Waals surface area contributed by atoms with Crippen LogP contribution in [0.3, 0.4) is 0 Å². The molecule has 212 valence electrons. The number of benzene rings is 1. The van der Waals surface area contributed by atoms with Crippen molar-refractivity contribution in [3.8, 4) is 5.75 Å². The van der Waals surface area contributed by atoms with E-state index in [0.29, 0.717) is 28.4 Å². The van der Waals surface area contributed by atoms with E-state index in [9.17, 15) is 19.5 Å². The number of aryl methyl sites for hydroxylation is 2. The number of fused-ring (bicyclic) bond motifs is 1. The fraction of sp³-hybridized carbons (Fsp3) is 0.393. The Labute approximate surface area is 232 Å². The van der Waals surface area contributed by atoms with Gasteiger partial charge in [-0.25, -0.2) is 4.79 Å².